The Kier molecular flexibility index (Phi) is 2.74. The molecule has 1 rings (SSSR count). The first-order chi connectivity index (χ1) is 6.20. The van der Waals surface area contributed by atoms with Crippen LogP contribution in [0.25, 0.3) is 0 Å². The molecular weight excluding hydrogens is 172 g/mol. The van der Waals surface area contributed by atoms with E-state index >= 15 is 0 Å². The third-order valence-electron chi connectivity index (χ3n) is 1.55. The lowest BCUT2D eigenvalue weighted by Gasteiger charge is -2.08. The van der Waals surface area contributed by atoms with Crippen molar-refractivity contribution < 1.29 is 19.4 Å². The third-order valence-corrected chi connectivity index (χ3v) is 1.55. The standard InChI is InChI=1S/C9H9O4/c1-12-7-5-3-4-6(9(10)11)8(7)13-2/h3,5H,1-2H3,(H,10,11). The van der Waals surface area contributed by atoms with Gasteiger partial charge in [-0.2, -0.15) is 0 Å². The summed E-state index contributed by atoms with van der Waals surface area (Å²) in [6, 6.07) is 5.62. The quantitative estimate of drug-likeness (QED) is 0.761. The molecule has 0 aromatic heterocycles. The van der Waals surface area contributed by atoms with Crippen LogP contribution >= 0.6 is 0 Å². The number of aromatic carboxylic acids is 1. The van der Waals surface area contributed by atoms with Crippen molar-refractivity contribution >= 4 is 5.97 Å². The lowest BCUT2D eigenvalue weighted by Crippen LogP contribution is -2.02. The molecule has 69 valence electrons. The molecule has 0 saturated heterocycles. The minimum absolute atomic E-state index is 0.0261. The first kappa shape index (κ1) is 9.38. The van der Waals surface area contributed by atoms with Crippen LogP contribution in [0.4, 0.5) is 0 Å². The molecule has 0 atom stereocenters. The maximum Gasteiger partial charge on any atom is 0.340 e. The van der Waals surface area contributed by atoms with E-state index in [9.17, 15) is 4.79 Å². The Bertz CT molecular complexity index is 319. The number of carboxylic acid groups (broad SMARTS) is 1. The van der Waals surface area contributed by atoms with E-state index in [0.29, 0.717) is 5.75 Å². The average Bonchev–Trinajstić information content (AvgIpc) is 2.16. The van der Waals surface area contributed by atoms with Crippen LogP contribution in [0.5, 0.6) is 11.5 Å². The molecule has 0 amide bonds. The van der Waals surface area contributed by atoms with Crippen molar-refractivity contribution in [1.82, 2.24) is 0 Å². The van der Waals surface area contributed by atoms with E-state index < -0.39 is 5.97 Å². The minimum Gasteiger partial charge on any atom is -0.493 e. The summed E-state index contributed by atoms with van der Waals surface area (Å²) in [5, 5.41) is 8.75. The van der Waals surface area contributed by atoms with Crippen molar-refractivity contribution in [3.05, 3.63) is 23.8 Å². The second-order valence-electron chi connectivity index (χ2n) is 2.26. The van der Waals surface area contributed by atoms with E-state index in [1.807, 2.05) is 0 Å². The normalized spacial score (nSPS) is 9.38. The number of hydrogen-bond donors (Lipinski definition) is 1. The van der Waals surface area contributed by atoms with Gasteiger partial charge in [0.05, 0.1) is 14.2 Å². The first-order valence-electron chi connectivity index (χ1n) is 3.56. The highest BCUT2D eigenvalue weighted by atomic mass is 16.5. The number of hydrogen-bond acceptors (Lipinski definition) is 3. The van der Waals surface area contributed by atoms with Gasteiger partial charge in [-0.3, -0.25) is 0 Å². The maximum atomic E-state index is 10.7. The van der Waals surface area contributed by atoms with E-state index in [1.165, 1.54) is 20.3 Å². The number of carbonyl (C=O) groups is 1. The summed E-state index contributed by atoms with van der Waals surface area (Å²) in [7, 11) is 2.83. The molecule has 4 nitrogen and oxygen atoms in total. The zero-order chi connectivity index (χ0) is 9.84. The molecule has 1 N–H and O–H groups in total. The number of rotatable bonds is 3. The van der Waals surface area contributed by atoms with Crippen LogP contribution in [0.3, 0.4) is 0 Å². The third kappa shape index (κ3) is 1.72. The highest BCUT2D eigenvalue weighted by Gasteiger charge is 2.14. The van der Waals surface area contributed by atoms with Crippen molar-refractivity contribution in [2.45, 2.75) is 0 Å². The summed E-state index contributed by atoms with van der Waals surface area (Å²) >= 11 is 0. The van der Waals surface area contributed by atoms with Gasteiger partial charge in [-0.25, -0.2) is 4.79 Å². The topological polar surface area (TPSA) is 55.8 Å². The van der Waals surface area contributed by atoms with Crippen molar-refractivity contribution in [2.75, 3.05) is 14.2 Å². The SMILES string of the molecule is COc1cc[c]c(C(=O)O)c1OC. The summed E-state index contributed by atoms with van der Waals surface area (Å²) in [6.07, 6.45) is 0. The average molecular weight is 181 g/mol. The molecule has 0 unspecified atom stereocenters. The van der Waals surface area contributed by atoms with Crippen LogP contribution in [-0.4, -0.2) is 25.3 Å². The van der Waals surface area contributed by atoms with Crippen molar-refractivity contribution in [1.29, 1.82) is 0 Å². The smallest absolute Gasteiger partial charge is 0.340 e. The van der Waals surface area contributed by atoms with E-state index in [2.05, 4.69) is 6.07 Å². The summed E-state index contributed by atoms with van der Waals surface area (Å²) in [4.78, 5) is 10.7. The molecule has 13 heavy (non-hydrogen) atoms. The summed E-state index contributed by atoms with van der Waals surface area (Å²) in [5.74, 6) is -0.507. The largest absolute Gasteiger partial charge is 0.493 e. The fourth-order valence-corrected chi connectivity index (χ4v) is 0.987. The summed E-state index contributed by atoms with van der Waals surface area (Å²) in [6.45, 7) is 0. The monoisotopic (exact) mass is 181 g/mol. The zero-order valence-corrected chi connectivity index (χ0v) is 7.33. The van der Waals surface area contributed by atoms with Crippen molar-refractivity contribution in [2.24, 2.45) is 0 Å². The van der Waals surface area contributed by atoms with E-state index in [1.54, 1.807) is 6.07 Å². The molecule has 0 aliphatic rings. The number of methoxy groups -OCH3 is 2. The Morgan fingerprint density at radius 1 is 1.46 bits per heavy atom. The maximum absolute atomic E-state index is 10.7. The predicted octanol–water partition coefficient (Wildman–Crippen LogP) is 1.20. The molecule has 0 bridgehead atoms. The highest BCUT2D eigenvalue weighted by molar-refractivity contribution is 5.91. The van der Waals surface area contributed by atoms with Crippen LogP contribution in [0.2, 0.25) is 0 Å². The van der Waals surface area contributed by atoms with Crippen LogP contribution < -0.4 is 9.47 Å². The van der Waals surface area contributed by atoms with Gasteiger partial charge in [-0.05, 0) is 12.1 Å². The Labute approximate surface area is 75.7 Å². The van der Waals surface area contributed by atoms with Gasteiger partial charge in [-0.15, -0.1) is 0 Å². The number of carboxylic acids is 1. The molecule has 4 heteroatoms. The fourth-order valence-electron chi connectivity index (χ4n) is 0.987. The fraction of sp³-hybridized carbons (Fsp3) is 0.222. The molecular formula is C9H9O4. The Morgan fingerprint density at radius 3 is 2.62 bits per heavy atom. The molecule has 0 aliphatic heterocycles. The second-order valence-corrected chi connectivity index (χ2v) is 2.26. The Balaban J connectivity index is 3.27. The minimum atomic E-state index is -1.09. The molecule has 1 aromatic carbocycles. The first-order valence-corrected chi connectivity index (χ1v) is 3.56. The zero-order valence-electron chi connectivity index (χ0n) is 7.33. The van der Waals surface area contributed by atoms with E-state index in [0.717, 1.165) is 0 Å². The van der Waals surface area contributed by atoms with Gasteiger partial charge in [-0.1, -0.05) is 0 Å². The number of ether oxygens (including phenoxy) is 2. The lowest BCUT2D eigenvalue weighted by molar-refractivity contribution is 0.0692. The predicted molar refractivity (Wildman–Crippen MR) is 45.3 cm³/mol. The Morgan fingerprint density at radius 2 is 2.15 bits per heavy atom. The van der Waals surface area contributed by atoms with Crippen molar-refractivity contribution in [3.63, 3.8) is 0 Å². The van der Waals surface area contributed by atoms with Gasteiger partial charge in [0.1, 0.15) is 5.56 Å². The van der Waals surface area contributed by atoms with Gasteiger partial charge in [0, 0.05) is 6.07 Å². The molecule has 0 heterocycles. The molecule has 1 radical (unpaired) electrons. The molecule has 0 saturated carbocycles. The highest BCUT2D eigenvalue weighted by Crippen LogP contribution is 2.29. The van der Waals surface area contributed by atoms with Crippen LogP contribution in [0.1, 0.15) is 10.4 Å². The van der Waals surface area contributed by atoms with E-state index in [4.69, 9.17) is 14.6 Å². The molecule has 0 aliphatic carbocycles. The van der Waals surface area contributed by atoms with Crippen LogP contribution in [-0.2, 0) is 0 Å². The molecule has 1 aromatic rings. The van der Waals surface area contributed by atoms with Crippen molar-refractivity contribution in [3.8, 4) is 11.5 Å². The molecule has 0 fully saturated rings. The van der Waals surface area contributed by atoms with Crippen LogP contribution in [0, 0.1) is 6.07 Å². The van der Waals surface area contributed by atoms with Crippen LogP contribution in [0.15, 0.2) is 12.1 Å². The Hall–Kier alpha value is -1.71. The van der Waals surface area contributed by atoms with Gasteiger partial charge in [0.2, 0.25) is 0 Å². The summed E-state index contributed by atoms with van der Waals surface area (Å²) < 4.78 is 9.81. The van der Waals surface area contributed by atoms with Gasteiger partial charge in [0.15, 0.2) is 11.5 Å². The second kappa shape index (κ2) is 3.80. The number of benzene rings is 1. The summed E-state index contributed by atoms with van der Waals surface area (Å²) in [5.41, 5.74) is -0.0261. The molecule has 0 spiro atoms. The van der Waals surface area contributed by atoms with Gasteiger partial charge < -0.3 is 14.6 Å². The lowest BCUT2D eigenvalue weighted by atomic mass is 10.2. The van der Waals surface area contributed by atoms with Gasteiger partial charge in [0.25, 0.3) is 0 Å². The van der Waals surface area contributed by atoms with Gasteiger partial charge >= 0.3 is 5.97 Å². The van der Waals surface area contributed by atoms with E-state index in [-0.39, 0.29) is 11.3 Å².